The SMILES string of the molecule is CCn1ncc2c(NC3CCOCC3)c(C3=CC4(CCC(C#N)CC4)ON3)cnc21. The Morgan fingerprint density at radius 2 is 2.07 bits per heavy atom. The number of anilines is 1. The van der Waals surface area contributed by atoms with E-state index < -0.39 is 0 Å². The van der Waals surface area contributed by atoms with Crippen molar-refractivity contribution < 1.29 is 9.57 Å². The topological polar surface area (TPSA) is 97.0 Å². The monoisotopic (exact) mass is 408 g/mol. The quantitative estimate of drug-likeness (QED) is 0.800. The number of rotatable bonds is 4. The van der Waals surface area contributed by atoms with Gasteiger partial charge in [-0.3, -0.25) is 10.3 Å². The highest BCUT2D eigenvalue weighted by atomic mass is 16.7. The van der Waals surface area contributed by atoms with E-state index in [4.69, 9.17) is 14.6 Å². The van der Waals surface area contributed by atoms with Gasteiger partial charge in [0.25, 0.3) is 0 Å². The second-order valence-electron chi connectivity index (χ2n) is 8.51. The predicted octanol–water partition coefficient (Wildman–Crippen LogP) is 3.37. The average molecular weight is 409 g/mol. The smallest absolute Gasteiger partial charge is 0.159 e. The first-order valence-electron chi connectivity index (χ1n) is 11.0. The van der Waals surface area contributed by atoms with Crippen molar-refractivity contribution in [2.24, 2.45) is 5.92 Å². The summed E-state index contributed by atoms with van der Waals surface area (Å²) in [5.74, 6) is 0.139. The van der Waals surface area contributed by atoms with Gasteiger partial charge in [0.2, 0.25) is 0 Å². The van der Waals surface area contributed by atoms with Crippen LogP contribution >= 0.6 is 0 Å². The Morgan fingerprint density at radius 3 is 2.80 bits per heavy atom. The zero-order valence-corrected chi connectivity index (χ0v) is 17.4. The summed E-state index contributed by atoms with van der Waals surface area (Å²) in [7, 11) is 0. The van der Waals surface area contributed by atoms with Gasteiger partial charge < -0.3 is 10.1 Å². The molecule has 1 aliphatic carbocycles. The van der Waals surface area contributed by atoms with Crippen LogP contribution in [0.1, 0.15) is 51.0 Å². The number of ether oxygens (including phenoxy) is 1. The number of hydrogen-bond donors (Lipinski definition) is 2. The molecule has 2 fully saturated rings. The second-order valence-corrected chi connectivity index (χ2v) is 8.51. The van der Waals surface area contributed by atoms with E-state index in [-0.39, 0.29) is 11.5 Å². The minimum atomic E-state index is -0.332. The fraction of sp³-hybridized carbons (Fsp3) is 0.591. The number of nitrogens with one attached hydrogen (secondary N) is 2. The third-order valence-corrected chi connectivity index (χ3v) is 6.61. The molecule has 2 aromatic heterocycles. The van der Waals surface area contributed by atoms with E-state index in [9.17, 15) is 5.26 Å². The maximum Gasteiger partial charge on any atom is 0.159 e. The van der Waals surface area contributed by atoms with Crippen molar-refractivity contribution in [3.8, 4) is 6.07 Å². The third-order valence-electron chi connectivity index (χ3n) is 6.61. The molecule has 0 atom stereocenters. The second kappa shape index (κ2) is 7.89. The molecule has 3 aliphatic rings. The number of nitrogens with zero attached hydrogens (tertiary/aromatic N) is 4. The molecule has 30 heavy (non-hydrogen) atoms. The van der Waals surface area contributed by atoms with Crippen LogP contribution in [0, 0.1) is 17.2 Å². The van der Waals surface area contributed by atoms with E-state index >= 15 is 0 Å². The van der Waals surface area contributed by atoms with Crippen LogP contribution < -0.4 is 10.8 Å². The highest BCUT2D eigenvalue weighted by Gasteiger charge is 2.40. The summed E-state index contributed by atoms with van der Waals surface area (Å²) in [6.07, 6.45) is 11.4. The van der Waals surface area contributed by atoms with E-state index in [1.807, 2.05) is 17.1 Å². The summed E-state index contributed by atoms with van der Waals surface area (Å²) in [6, 6.07) is 2.76. The summed E-state index contributed by atoms with van der Waals surface area (Å²) in [4.78, 5) is 10.8. The predicted molar refractivity (Wildman–Crippen MR) is 113 cm³/mol. The zero-order chi connectivity index (χ0) is 20.6. The molecule has 5 rings (SSSR count). The first-order valence-corrected chi connectivity index (χ1v) is 11.0. The Kier molecular flexibility index (Phi) is 5.09. The summed E-state index contributed by atoms with van der Waals surface area (Å²) in [5.41, 5.74) is 6.73. The number of nitriles is 1. The molecule has 0 radical (unpaired) electrons. The van der Waals surface area contributed by atoms with Crippen LogP contribution in [-0.2, 0) is 16.1 Å². The number of pyridine rings is 1. The fourth-order valence-electron chi connectivity index (χ4n) is 4.76. The van der Waals surface area contributed by atoms with Gasteiger partial charge in [0.15, 0.2) is 5.65 Å². The lowest BCUT2D eigenvalue weighted by Crippen LogP contribution is -2.34. The van der Waals surface area contributed by atoms with Crippen molar-refractivity contribution in [2.75, 3.05) is 18.5 Å². The molecule has 1 saturated carbocycles. The van der Waals surface area contributed by atoms with Gasteiger partial charge in [-0.1, -0.05) is 0 Å². The normalized spacial score (nSPS) is 27.1. The summed E-state index contributed by atoms with van der Waals surface area (Å²) in [5, 5.41) is 18.5. The van der Waals surface area contributed by atoms with Gasteiger partial charge in [0.05, 0.1) is 29.0 Å². The highest BCUT2D eigenvalue weighted by Crippen LogP contribution is 2.42. The Morgan fingerprint density at radius 1 is 1.27 bits per heavy atom. The molecule has 0 bridgehead atoms. The average Bonchev–Trinajstić information content (AvgIpc) is 3.40. The van der Waals surface area contributed by atoms with Crippen LogP contribution in [0.2, 0.25) is 0 Å². The van der Waals surface area contributed by atoms with Gasteiger partial charge in [-0.2, -0.15) is 10.4 Å². The largest absolute Gasteiger partial charge is 0.381 e. The van der Waals surface area contributed by atoms with E-state index in [0.29, 0.717) is 6.04 Å². The molecule has 8 nitrogen and oxygen atoms in total. The fourth-order valence-corrected chi connectivity index (χ4v) is 4.76. The molecule has 8 heteroatoms. The molecule has 0 unspecified atom stereocenters. The van der Waals surface area contributed by atoms with Crippen molar-refractivity contribution in [1.29, 1.82) is 5.26 Å². The van der Waals surface area contributed by atoms with Crippen molar-refractivity contribution >= 4 is 22.4 Å². The maximum absolute atomic E-state index is 9.21. The zero-order valence-electron chi connectivity index (χ0n) is 17.4. The molecular formula is C22H28N6O2. The molecular weight excluding hydrogens is 380 g/mol. The Bertz CT molecular complexity index is 993. The number of aryl methyl sites for hydroxylation is 1. The molecule has 2 aliphatic heterocycles. The van der Waals surface area contributed by atoms with Gasteiger partial charge in [0, 0.05) is 43.5 Å². The van der Waals surface area contributed by atoms with Crippen molar-refractivity contribution in [1.82, 2.24) is 20.2 Å². The minimum absolute atomic E-state index is 0.139. The standard InChI is InChI=1S/C22H28N6O2/c1-2-28-21-18(14-25-28)20(26-16-5-9-29-10-6-16)17(13-24-21)19-11-22(30-27-19)7-3-15(12-23)4-8-22/h11,13-16,27H,2-10H2,1H3,(H,24,26). The van der Waals surface area contributed by atoms with Crippen LogP contribution in [-0.4, -0.2) is 39.6 Å². The minimum Gasteiger partial charge on any atom is -0.381 e. The van der Waals surface area contributed by atoms with Crippen molar-refractivity contribution in [2.45, 2.75) is 63.6 Å². The summed E-state index contributed by atoms with van der Waals surface area (Å²) in [6.45, 7) is 4.41. The van der Waals surface area contributed by atoms with E-state index in [1.165, 1.54) is 0 Å². The number of hydroxylamine groups is 1. The van der Waals surface area contributed by atoms with Gasteiger partial charge in [-0.15, -0.1) is 0 Å². The van der Waals surface area contributed by atoms with Gasteiger partial charge in [0.1, 0.15) is 5.60 Å². The van der Waals surface area contributed by atoms with E-state index in [0.717, 1.165) is 86.3 Å². The molecule has 0 aromatic carbocycles. The van der Waals surface area contributed by atoms with E-state index in [2.05, 4.69) is 35.0 Å². The molecule has 2 aromatic rings. The number of aromatic nitrogens is 3. The first kappa shape index (κ1) is 19.3. The number of hydrogen-bond acceptors (Lipinski definition) is 7. The summed E-state index contributed by atoms with van der Waals surface area (Å²) >= 11 is 0. The van der Waals surface area contributed by atoms with Crippen LogP contribution in [0.4, 0.5) is 5.69 Å². The molecule has 0 amide bonds. The summed E-state index contributed by atoms with van der Waals surface area (Å²) < 4.78 is 7.46. The lowest BCUT2D eigenvalue weighted by Gasteiger charge is -2.31. The molecule has 1 spiro atoms. The third kappa shape index (κ3) is 3.42. The Balaban J connectivity index is 1.51. The number of fused-ring (bicyclic) bond motifs is 1. The maximum atomic E-state index is 9.21. The lowest BCUT2D eigenvalue weighted by atomic mass is 9.79. The lowest BCUT2D eigenvalue weighted by molar-refractivity contribution is -0.0600. The van der Waals surface area contributed by atoms with Gasteiger partial charge >= 0.3 is 0 Å². The van der Waals surface area contributed by atoms with Crippen LogP contribution in [0.15, 0.2) is 18.5 Å². The van der Waals surface area contributed by atoms with Crippen LogP contribution in [0.3, 0.4) is 0 Å². The van der Waals surface area contributed by atoms with Gasteiger partial charge in [-0.25, -0.2) is 9.67 Å². The molecule has 158 valence electrons. The van der Waals surface area contributed by atoms with E-state index in [1.54, 1.807) is 0 Å². The van der Waals surface area contributed by atoms with Crippen LogP contribution in [0.5, 0.6) is 0 Å². The van der Waals surface area contributed by atoms with Crippen LogP contribution in [0.25, 0.3) is 16.7 Å². The highest BCUT2D eigenvalue weighted by molar-refractivity contribution is 5.95. The molecule has 4 heterocycles. The Labute approximate surface area is 176 Å². The molecule has 1 saturated heterocycles. The first-order chi connectivity index (χ1) is 14.7. The van der Waals surface area contributed by atoms with Crippen molar-refractivity contribution in [3.63, 3.8) is 0 Å². The molecule has 2 N–H and O–H groups in total. The van der Waals surface area contributed by atoms with Crippen molar-refractivity contribution in [3.05, 3.63) is 24.0 Å². The Hall–Kier alpha value is -2.63. The van der Waals surface area contributed by atoms with Gasteiger partial charge in [-0.05, 0) is 51.5 Å².